The van der Waals surface area contributed by atoms with Gasteiger partial charge >= 0.3 is 0 Å². The Kier molecular flexibility index (Phi) is 8.99. The van der Waals surface area contributed by atoms with Crippen molar-refractivity contribution in [2.24, 2.45) is 0 Å². The van der Waals surface area contributed by atoms with Crippen LogP contribution >= 0.6 is 23.2 Å². The highest BCUT2D eigenvalue weighted by Gasteiger charge is 2.30. The van der Waals surface area contributed by atoms with E-state index in [0.29, 0.717) is 35.9 Å². The second kappa shape index (κ2) is 11.2. The second-order valence-corrected chi connectivity index (χ2v) is 8.20. The predicted molar refractivity (Wildman–Crippen MR) is 119 cm³/mol. The molecule has 0 bridgehead atoms. The van der Waals surface area contributed by atoms with Gasteiger partial charge in [0.25, 0.3) is 0 Å². The molecule has 0 heterocycles. The molecule has 2 aromatic rings. The van der Waals surface area contributed by atoms with E-state index in [4.69, 9.17) is 23.2 Å². The largest absolute Gasteiger partial charge is 0.352 e. The van der Waals surface area contributed by atoms with E-state index in [-0.39, 0.29) is 17.9 Å². The minimum atomic E-state index is -0.617. The maximum atomic E-state index is 13.1. The lowest BCUT2D eigenvalue weighted by Crippen LogP contribution is -2.51. The fraction of sp³-hybridized carbons (Fsp3) is 0.391. The summed E-state index contributed by atoms with van der Waals surface area (Å²) in [5.74, 6) is -0.216. The molecule has 2 aromatic carbocycles. The van der Waals surface area contributed by atoms with Gasteiger partial charge in [0.2, 0.25) is 11.8 Å². The number of rotatable bonds is 9. The predicted octanol–water partition coefficient (Wildman–Crippen LogP) is 5.26. The molecule has 0 aliphatic carbocycles. The summed E-state index contributed by atoms with van der Waals surface area (Å²) in [4.78, 5) is 27.7. The first-order valence-corrected chi connectivity index (χ1v) is 10.6. The van der Waals surface area contributed by atoms with E-state index >= 15 is 0 Å². The van der Waals surface area contributed by atoms with Crippen molar-refractivity contribution in [2.45, 2.75) is 58.7 Å². The SMILES string of the molecule is CCCC(=O)N(Cc1ccc(Cl)c(Cl)c1)[C@@H](Cc1ccccc1)C(=O)NC(C)C. The molecule has 0 aliphatic heterocycles. The number of carbonyl (C=O) groups is 2. The summed E-state index contributed by atoms with van der Waals surface area (Å²) in [5, 5.41) is 3.85. The number of carbonyl (C=O) groups excluding carboxylic acids is 2. The molecule has 2 rings (SSSR count). The van der Waals surface area contributed by atoms with Gasteiger partial charge in [0.05, 0.1) is 10.0 Å². The Hall–Kier alpha value is -2.04. The van der Waals surface area contributed by atoms with Gasteiger partial charge in [-0.05, 0) is 43.5 Å². The van der Waals surface area contributed by atoms with E-state index in [0.717, 1.165) is 11.1 Å². The average molecular weight is 435 g/mol. The summed E-state index contributed by atoms with van der Waals surface area (Å²) in [5.41, 5.74) is 1.83. The van der Waals surface area contributed by atoms with Crippen LogP contribution in [0.2, 0.25) is 10.0 Å². The summed E-state index contributed by atoms with van der Waals surface area (Å²) in [6.45, 7) is 6.07. The number of nitrogens with zero attached hydrogens (tertiary/aromatic N) is 1. The van der Waals surface area contributed by atoms with Crippen LogP contribution in [0.3, 0.4) is 0 Å². The van der Waals surface area contributed by atoms with Crippen molar-refractivity contribution in [3.63, 3.8) is 0 Å². The Morgan fingerprint density at radius 1 is 1.00 bits per heavy atom. The van der Waals surface area contributed by atoms with E-state index in [1.807, 2.05) is 57.2 Å². The molecule has 0 radical (unpaired) electrons. The number of hydrogen-bond acceptors (Lipinski definition) is 2. The molecule has 6 heteroatoms. The Morgan fingerprint density at radius 2 is 1.69 bits per heavy atom. The fourth-order valence-electron chi connectivity index (χ4n) is 3.13. The van der Waals surface area contributed by atoms with Crippen LogP contribution in [-0.2, 0) is 22.6 Å². The zero-order valence-electron chi connectivity index (χ0n) is 17.1. The van der Waals surface area contributed by atoms with E-state index in [2.05, 4.69) is 5.32 Å². The summed E-state index contributed by atoms with van der Waals surface area (Å²) in [6.07, 6.45) is 1.53. The van der Waals surface area contributed by atoms with Crippen LogP contribution in [0, 0.1) is 0 Å². The lowest BCUT2D eigenvalue weighted by Gasteiger charge is -2.32. The molecule has 2 amide bonds. The van der Waals surface area contributed by atoms with Crippen molar-refractivity contribution >= 4 is 35.0 Å². The number of halogens is 2. The second-order valence-electron chi connectivity index (χ2n) is 7.39. The quantitative estimate of drug-likeness (QED) is 0.584. The average Bonchev–Trinajstić information content (AvgIpc) is 2.67. The van der Waals surface area contributed by atoms with Crippen LogP contribution in [0.1, 0.15) is 44.7 Å². The van der Waals surface area contributed by atoms with Gasteiger partial charge < -0.3 is 10.2 Å². The van der Waals surface area contributed by atoms with Gasteiger partial charge in [-0.15, -0.1) is 0 Å². The minimum absolute atomic E-state index is 0.0196. The van der Waals surface area contributed by atoms with Gasteiger partial charge in [0, 0.05) is 25.4 Å². The van der Waals surface area contributed by atoms with Crippen molar-refractivity contribution in [3.05, 3.63) is 69.7 Å². The number of nitrogens with one attached hydrogen (secondary N) is 1. The van der Waals surface area contributed by atoms with Crippen molar-refractivity contribution in [1.82, 2.24) is 10.2 Å². The summed E-state index contributed by atoms with van der Waals surface area (Å²) in [7, 11) is 0. The highest BCUT2D eigenvalue weighted by molar-refractivity contribution is 6.42. The molecule has 0 unspecified atom stereocenters. The fourth-order valence-corrected chi connectivity index (χ4v) is 3.45. The summed E-state index contributed by atoms with van der Waals surface area (Å²) < 4.78 is 0. The number of amides is 2. The van der Waals surface area contributed by atoms with Crippen molar-refractivity contribution < 1.29 is 9.59 Å². The monoisotopic (exact) mass is 434 g/mol. The third-order valence-electron chi connectivity index (χ3n) is 4.50. The highest BCUT2D eigenvalue weighted by Crippen LogP contribution is 2.24. The lowest BCUT2D eigenvalue weighted by atomic mass is 10.0. The first kappa shape index (κ1) is 23.2. The summed E-state index contributed by atoms with van der Waals surface area (Å²) >= 11 is 12.2. The van der Waals surface area contributed by atoms with Gasteiger partial charge in [-0.2, -0.15) is 0 Å². The molecular weight excluding hydrogens is 407 g/mol. The van der Waals surface area contributed by atoms with E-state index in [1.165, 1.54) is 0 Å². The topological polar surface area (TPSA) is 49.4 Å². The lowest BCUT2D eigenvalue weighted by molar-refractivity contribution is -0.141. The molecular formula is C23H28Cl2N2O2. The number of benzene rings is 2. The van der Waals surface area contributed by atoms with Gasteiger partial charge in [-0.3, -0.25) is 9.59 Å². The molecule has 0 saturated carbocycles. The van der Waals surface area contributed by atoms with Gasteiger partial charge in [-0.25, -0.2) is 0 Å². The van der Waals surface area contributed by atoms with Crippen molar-refractivity contribution in [1.29, 1.82) is 0 Å². The van der Waals surface area contributed by atoms with Crippen LogP contribution < -0.4 is 5.32 Å². The van der Waals surface area contributed by atoms with Gasteiger partial charge in [-0.1, -0.05) is 66.5 Å². The zero-order valence-corrected chi connectivity index (χ0v) is 18.6. The van der Waals surface area contributed by atoms with Gasteiger partial charge in [0.15, 0.2) is 0 Å². The first-order chi connectivity index (χ1) is 13.8. The maximum Gasteiger partial charge on any atom is 0.243 e. The third-order valence-corrected chi connectivity index (χ3v) is 5.24. The molecule has 4 nitrogen and oxygen atoms in total. The first-order valence-electron chi connectivity index (χ1n) is 9.89. The molecule has 0 aliphatic rings. The molecule has 29 heavy (non-hydrogen) atoms. The maximum absolute atomic E-state index is 13.1. The van der Waals surface area contributed by atoms with E-state index in [1.54, 1.807) is 17.0 Å². The summed E-state index contributed by atoms with van der Waals surface area (Å²) in [6, 6.07) is 14.4. The molecule has 156 valence electrons. The normalized spacial score (nSPS) is 11.9. The Balaban J connectivity index is 2.39. The van der Waals surface area contributed by atoms with Crippen LogP contribution in [0.15, 0.2) is 48.5 Å². The Labute approximate surface area is 183 Å². The number of hydrogen-bond donors (Lipinski definition) is 1. The molecule has 0 aromatic heterocycles. The van der Waals surface area contributed by atoms with Crippen molar-refractivity contribution in [3.8, 4) is 0 Å². The molecule has 1 N–H and O–H groups in total. The highest BCUT2D eigenvalue weighted by atomic mass is 35.5. The van der Waals surface area contributed by atoms with Crippen molar-refractivity contribution in [2.75, 3.05) is 0 Å². The van der Waals surface area contributed by atoms with Gasteiger partial charge in [0.1, 0.15) is 6.04 Å². The van der Waals surface area contributed by atoms with Crippen LogP contribution in [0.5, 0.6) is 0 Å². The Bertz CT molecular complexity index is 825. The van der Waals surface area contributed by atoms with E-state index in [9.17, 15) is 9.59 Å². The third kappa shape index (κ3) is 7.06. The standard InChI is InChI=1S/C23H28Cl2N2O2/c1-4-8-22(28)27(15-18-11-12-19(24)20(25)13-18)21(23(29)26-16(2)3)14-17-9-6-5-7-10-17/h5-7,9-13,16,21H,4,8,14-15H2,1-3H3,(H,26,29)/t21-/m0/s1. The molecule has 0 spiro atoms. The zero-order chi connectivity index (χ0) is 21.4. The smallest absolute Gasteiger partial charge is 0.243 e. The van der Waals surface area contributed by atoms with Crippen LogP contribution in [-0.4, -0.2) is 28.8 Å². The van der Waals surface area contributed by atoms with Crippen LogP contribution in [0.25, 0.3) is 0 Å². The molecule has 0 fully saturated rings. The van der Waals surface area contributed by atoms with Crippen LogP contribution in [0.4, 0.5) is 0 Å². The molecule has 0 saturated heterocycles. The van der Waals surface area contributed by atoms with E-state index < -0.39 is 6.04 Å². The minimum Gasteiger partial charge on any atom is -0.352 e. The Morgan fingerprint density at radius 3 is 2.28 bits per heavy atom. The molecule has 1 atom stereocenters.